The van der Waals surface area contributed by atoms with E-state index in [1.165, 1.54) is 14.2 Å². The largest absolute Gasteiger partial charge is 0.463 e. The Hall–Kier alpha value is -5.84. The van der Waals surface area contributed by atoms with Crippen LogP contribution in [0.5, 0.6) is 0 Å². The van der Waals surface area contributed by atoms with Gasteiger partial charge in [0.15, 0.2) is 12.2 Å². The van der Waals surface area contributed by atoms with E-state index in [2.05, 4.69) is 0 Å². The van der Waals surface area contributed by atoms with Gasteiger partial charge in [-0.1, -0.05) is 97.1 Å². The highest BCUT2D eigenvalue weighted by molar-refractivity contribution is 6.06. The number of carbonyl (C=O) groups is 4. The maximum Gasteiger partial charge on any atom is 0.352 e. The molecule has 0 fully saturated rings. The maximum atomic E-state index is 14.2. The molecule has 0 aromatic heterocycles. The molecule has 10 nitrogen and oxygen atoms in total. The summed E-state index contributed by atoms with van der Waals surface area (Å²) >= 11 is 0. The summed E-state index contributed by atoms with van der Waals surface area (Å²) in [7, 11) is 2.67. The Kier molecular flexibility index (Phi) is 11.1. The molecule has 0 bridgehead atoms. The lowest BCUT2D eigenvalue weighted by atomic mass is 9.93. The molecule has 0 spiro atoms. The molecule has 0 N–H and O–H groups in total. The number of benzene rings is 6. The summed E-state index contributed by atoms with van der Waals surface area (Å²) < 4.78 is 33.6. The Morgan fingerprint density at radius 1 is 0.462 bits per heavy atom. The minimum atomic E-state index is -2.06. The first-order valence-electron chi connectivity index (χ1n) is 16.9. The van der Waals surface area contributed by atoms with Crippen LogP contribution in [0.1, 0.15) is 37.2 Å². The van der Waals surface area contributed by atoms with Crippen LogP contribution in [0.2, 0.25) is 0 Å². The zero-order valence-electron chi connectivity index (χ0n) is 29.2. The quantitative estimate of drug-likeness (QED) is 0.0687. The van der Waals surface area contributed by atoms with Crippen LogP contribution < -0.4 is 0 Å². The summed E-state index contributed by atoms with van der Waals surface area (Å²) in [6.45, 7) is 2.85. The maximum absolute atomic E-state index is 14.2. The van der Waals surface area contributed by atoms with Crippen molar-refractivity contribution in [3.05, 3.63) is 120 Å². The number of rotatable bonds is 13. The number of esters is 4. The molecule has 0 aliphatic heterocycles. The van der Waals surface area contributed by atoms with Crippen LogP contribution in [-0.2, 0) is 47.6 Å². The molecular formula is C42H38O10. The van der Waals surface area contributed by atoms with Gasteiger partial charge in [0, 0.05) is 25.3 Å². The second-order valence-corrected chi connectivity index (χ2v) is 11.9. The van der Waals surface area contributed by atoms with Crippen molar-refractivity contribution in [2.75, 3.05) is 27.4 Å². The van der Waals surface area contributed by atoms with Crippen LogP contribution in [-0.4, -0.2) is 63.5 Å². The fraction of sp³-hybridized carbons (Fsp3) is 0.238. The van der Waals surface area contributed by atoms with Crippen LogP contribution in [0, 0.1) is 0 Å². The Morgan fingerprint density at radius 2 is 0.750 bits per heavy atom. The van der Waals surface area contributed by atoms with E-state index in [4.69, 9.17) is 28.4 Å². The van der Waals surface area contributed by atoms with Gasteiger partial charge in [-0.15, -0.1) is 0 Å². The summed E-state index contributed by atoms with van der Waals surface area (Å²) in [5.74, 6) is -4.28. The van der Waals surface area contributed by atoms with Crippen LogP contribution in [0.15, 0.2) is 109 Å². The molecule has 0 aliphatic carbocycles. The molecule has 4 atom stereocenters. The van der Waals surface area contributed by atoms with E-state index in [-0.39, 0.29) is 13.2 Å². The highest BCUT2D eigenvalue weighted by atomic mass is 16.7. The van der Waals surface area contributed by atoms with Crippen molar-refractivity contribution >= 4 is 67.0 Å². The number of ether oxygens (including phenoxy) is 6. The van der Waals surface area contributed by atoms with Crippen molar-refractivity contribution in [3.8, 4) is 0 Å². The zero-order valence-corrected chi connectivity index (χ0v) is 29.2. The summed E-state index contributed by atoms with van der Waals surface area (Å²) in [4.78, 5) is 55.5. The SMILES string of the molecule is CCOC(=O)[C@@H](OC(=O)[C@H](OC)c1c2ccccc2cc2ccccc12)[C@@H](OC(=O)[C@H](OC)c1c2ccccc2cc2ccccc12)C(=O)OCC. The standard InChI is InChI=1S/C42H38O10/c1-5-49-39(43)37(51-41(45)35(47-3)33-29-19-11-7-15-25(29)23-26-16-8-12-20-30(26)33)38(40(44)50-6-2)52-42(46)36(48-4)34-31-21-13-9-17-27(31)24-28-18-10-14-22-32(28)34/h7-24,35-38H,5-6H2,1-4H3/t35-,36-,37-,38+/m1/s1. The fourth-order valence-corrected chi connectivity index (χ4v) is 6.62. The molecule has 10 heteroatoms. The predicted molar refractivity (Wildman–Crippen MR) is 195 cm³/mol. The molecule has 6 aromatic carbocycles. The Labute approximate surface area is 300 Å². The van der Waals surface area contributed by atoms with Crippen molar-refractivity contribution in [1.82, 2.24) is 0 Å². The summed E-state index contributed by atoms with van der Waals surface area (Å²) in [6, 6.07) is 33.9. The smallest absolute Gasteiger partial charge is 0.352 e. The van der Waals surface area contributed by atoms with Gasteiger partial charge in [0.1, 0.15) is 0 Å². The van der Waals surface area contributed by atoms with Crippen molar-refractivity contribution in [3.63, 3.8) is 0 Å². The monoisotopic (exact) mass is 702 g/mol. The highest BCUT2D eigenvalue weighted by Crippen LogP contribution is 2.37. The molecule has 6 rings (SSSR count). The minimum Gasteiger partial charge on any atom is -0.463 e. The Bertz CT molecular complexity index is 2010. The summed E-state index contributed by atoms with van der Waals surface area (Å²) in [6.07, 6.45) is -6.84. The molecule has 0 saturated heterocycles. The lowest BCUT2D eigenvalue weighted by Crippen LogP contribution is -2.48. The average Bonchev–Trinajstić information content (AvgIpc) is 3.16. The molecule has 0 aliphatic rings. The van der Waals surface area contributed by atoms with Crippen molar-refractivity contribution < 1.29 is 47.6 Å². The molecular weight excluding hydrogens is 664 g/mol. The number of carbonyl (C=O) groups excluding carboxylic acids is 4. The first-order chi connectivity index (χ1) is 25.3. The minimum absolute atomic E-state index is 0.124. The zero-order chi connectivity index (χ0) is 36.8. The highest BCUT2D eigenvalue weighted by Gasteiger charge is 2.45. The van der Waals surface area contributed by atoms with Gasteiger partial charge >= 0.3 is 23.9 Å². The lowest BCUT2D eigenvalue weighted by molar-refractivity contribution is -0.198. The van der Waals surface area contributed by atoms with Gasteiger partial charge < -0.3 is 28.4 Å². The van der Waals surface area contributed by atoms with Crippen LogP contribution in [0.3, 0.4) is 0 Å². The second kappa shape index (κ2) is 16.0. The van der Waals surface area contributed by atoms with Crippen LogP contribution in [0.25, 0.3) is 43.1 Å². The van der Waals surface area contributed by atoms with Crippen molar-refractivity contribution in [1.29, 1.82) is 0 Å². The van der Waals surface area contributed by atoms with Gasteiger partial charge in [0.2, 0.25) is 12.2 Å². The van der Waals surface area contributed by atoms with E-state index in [0.717, 1.165) is 43.1 Å². The Morgan fingerprint density at radius 3 is 1.02 bits per heavy atom. The number of methoxy groups -OCH3 is 2. The average molecular weight is 703 g/mol. The van der Waals surface area contributed by atoms with Gasteiger partial charge in [-0.3, -0.25) is 0 Å². The van der Waals surface area contributed by atoms with Gasteiger partial charge in [0.25, 0.3) is 0 Å². The molecule has 0 amide bonds. The van der Waals surface area contributed by atoms with Crippen molar-refractivity contribution in [2.24, 2.45) is 0 Å². The van der Waals surface area contributed by atoms with E-state index in [1.807, 2.05) is 109 Å². The summed E-state index contributed by atoms with van der Waals surface area (Å²) in [5.41, 5.74) is 0.992. The molecule has 0 saturated carbocycles. The van der Waals surface area contributed by atoms with Gasteiger partial charge in [-0.05, 0) is 69.1 Å². The van der Waals surface area contributed by atoms with E-state index >= 15 is 0 Å². The third-order valence-electron chi connectivity index (χ3n) is 8.85. The Balaban J connectivity index is 1.40. The number of fused-ring (bicyclic) bond motifs is 4. The molecule has 6 aromatic rings. The topological polar surface area (TPSA) is 124 Å². The first kappa shape index (κ1) is 36.0. The van der Waals surface area contributed by atoms with Crippen LogP contribution >= 0.6 is 0 Å². The van der Waals surface area contributed by atoms with Crippen molar-refractivity contribution in [2.45, 2.75) is 38.3 Å². The van der Waals surface area contributed by atoms with Crippen LogP contribution in [0.4, 0.5) is 0 Å². The molecule has 266 valence electrons. The molecule has 0 unspecified atom stereocenters. The van der Waals surface area contributed by atoms with Gasteiger partial charge in [-0.25, -0.2) is 19.2 Å². The molecule has 0 heterocycles. The van der Waals surface area contributed by atoms with Gasteiger partial charge in [0.05, 0.1) is 13.2 Å². The fourth-order valence-electron chi connectivity index (χ4n) is 6.62. The number of hydrogen-bond acceptors (Lipinski definition) is 10. The first-order valence-corrected chi connectivity index (χ1v) is 16.9. The predicted octanol–water partition coefficient (Wildman–Crippen LogP) is 7.32. The van der Waals surface area contributed by atoms with E-state index in [1.54, 1.807) is 13.8 Å². The normalized spacial score (nSPS) is 13.7. The third-order valence-corrected chi connectivity index (χ3v) is 8.85. The third kappa shape index (κ3) is 7.03. The van der Waals surface area contributed by atoms with E-state index < -0.39 is 48.3 Å². The molecule has 0 radical (unpaired) electrons. The van der Waals surface area contributed by atoms with Gasteiger partial charge in [-0.2, -0.15) is 0 Å². The second-order valence-electron chi connectivity index (χ2n) is 11.9. The molecule has 52 heavy (non-hydrogen) atoms. The van der Waals surface area contributed by atoms with E-state index in [9.17, 15) is 19.2 Å². The number of hydrogen-bond donors (Lipinski definition) is 0. The lowest BCUT2D eigenvalue weighted by Gasteiger charge is -2.27. The van der Waals surface area contributed by atoms with E-state index in [0.29, 0.717) is 11.1 Å². The summed E-state index contributed by atoms with van der Waals surface area (Å²) in [5, 5.41) is 6.26.